The smallest absolute Gasteiger partial charge is 0.122 e. The molecule has 1 nitrogen and oxygen atoms in total. The molecular weight excluding hydrogens is 232 g/mol. The van der Waals surface area contributed by atoms with Crippen LogP contribution < -0.4 is 4.74 Å². The third-order valence-corrected chi connectivity index (χ3v) is 3.09. The number of alkyl halides is 1. The minimum atomic E-state index is 0.374. The van der Waals surface area contributed by atoms with Gasteiger partial charge in [-0.3, -0.25) is 0 Å². The molecule has 0 bridgehead atoms. The van der Waals surface area contributed by atoms with Gasteiger partial charge in [0.05, 0.1) is 12.5 Å². The van der Waals surface area contributed by atoms with Gasteiger partial charge in [0, 0.05) is 5.56 Å². The minimum absolute atomic E-state index is 0.374. The van der Waals surface area contributed by atoms with Crippen molar-refractivity contribution in [1.82, 2.24) is 0 Å². The predicted molar refractivity (Wildman–Crippen MR) is 71.6 cm³/mol. The van der Waals surface area contributed by atoms with Gasteiger partial charge in [0.25, 0.3) is 0 Å². The van der Waals surface area contributed by atoms with Gasteiger partial charge >= 0.3 is 0 Å². The van der Waals surface area contributed by atoms with E-state index in [0.29, 0.717) is 5.88 Å². The van der Waals surface area contributed by atoms with Crippen LogP contribution in [0.4, 0.5) is 0 Å². The average molecular weight is 249 g/mol. The van der Waals surface area contributed by atoms with Crippen molar-refractivity contribution in [2.75, 3.05) is 12.5 Å². The van der Waals surface area contributed by atoms with Crippen molar-refractivity contribution < 1.29 is 4.74 Å². The van der Waals surface area contributed by atoms with Gasteiger partial charge in [0.1, 0.15) is 5.75 Å². The molecule has 17 heavy (non-hydrogen) atoms. The molecule has 0 atom stereocenters. The van der Waals surface area contributed by atoms with Crippen LogP contribution in [0.1, 0.15) is 30.4 Å². The molecule has 0 aromatic heterocycles. The first kappa shape index (κ1) is 12.3. The Morgan fingerprint density at radius 2 is 2.24 bits per heavy atom. The zero-order valence-corrected chi connectivity index (χ0v) is 10.9. The highest BCUT2D eigenvalue weighted by molar-refractivity contribution is 6.19. The summed E-state index contributed by atoms with van der Waals surface area (Å²) < 4.78 is 5.77. The third kappa shape index (κ3) is 3.98. The molecule has 2 heteroatoms. The summed E-state index contributed by atoms with van der Waals surface area (Å²) in [5.74, 6) is 8.13. The van der Waals surface area contributed by atoms with Crippen molar-refractivity contribution in [3.8, 4) is 17.6 Å². The Bertz CT molecular complexity index is 438. The maximum absolute atomic E-state index is 5.77. The molecule has 0 radical (unpaired) electrons. The molecule has 1 aromatic carbocycles. The van der Waals surface area contributed by atoms with E-state index >= 15 is 0 Å². The van der Waals surface area contributed by atoms with Crippen LogP contribution in [0.2, 0.25) is 0 Å². The number of halogens is 1. The fraction of sp³-hybridized carbons (Fsp3) is 0.467. The molecule has 1 fully saturated rings. The molecule has 0 heterocycles. The molecule has 90 valence electrons. The van der Waals surface area contributed by atoms with E-state index in [1.54, 1.807) is 0 Å². The lowest BCUT2D eigenvalue weighted by Gasteiger charge is -2.08. The minimum Gasteiger partial charge on any atom is -0.493 e. The first-order chi connectivity index (χ1) is 8.29. The van der Waals surface area contributed by atoms with Crippen LogP contribution in [-0.4, -0.2) is 12.5 Å². The average Bonchev–Trinajstić information content (AvgIpc) is 3.13. The normalized spacial score (nSPS) is 14.0. The maximum Gasteiger partial charge on any atom is 0.122 e. The SMILES string of the molecule is Cc1cc(C#CCCl)ccc1OCCC1CC1. The predicted octanol–water partition coefficient (Wildman–Crippen LogP) is 3.76. The molecule has 0 amide bonds. The Kier molecular flexibility index (Phi) is 4.34. The topological polar surface area (TPSA) is 9.23 Å². The van der Waals surface area contributed by atoms with Crippen molar-refractivity contribution in [2.45, 2.75) is 26.2 Å². The molecule has 1 aliphatic carbocycles. The molecule has 2 rings (SSSR count). The standard InChI is InChI=1S/C15H17ClO/c1-12-11-14(3-2-9-16)6-7-15(12)17-10-8-13-4-5-13/h6-7,11,13H,4-5,8-10H2,1H3. The number of hydrogen-bond donors (Lipinski definition) is 0. The lowest BCUT2D eigenvalue weighted by atomic mass is 10.1. The van der Waals surface area contributed by atoms with Crippen LogP contribution in [0, 0.1) is 24.7 Å². The fourth-order valence-electron chi connectivity index (χ4n) is 1.77. The fourth-order valence-corrected chi connectivity index (χ4v) is 1.83. The van der Waals surface area contributed by atoms with Crippen molar-refractivity contribution >= 4 is 11.6 Å². The second-order valence-corrected chi connectivity index (χ2v) is 4.76. The number of hydrogen-bond acceptors (Lipinski definition) is 1. The van der Waals surface area contributed by atoms with Gasteiger partial charge < -0.3 is 4.74 Å². The Labute approximate surface area is 108 Å². The van der Waals surface area contributed by atoms with E-state index in [2.05, 4.69) is 18.8 Å². The summed E-state index contributed by atoms with van der Waals surface area (Å²) >= 11 is 5.53. The number of rotatable bonds is 4. The Hall–Kier alpha value is -1.13. The Morgan fingerprint density at radius 1 is 1.41 bits per heavy atom. The molecule has 0 unspecified atom stereocenters. The van der Waals surface area contributed by atoms with E-state index in [0.717, 1.165) is 29.4 Å². The van der Waals surface area contributed by atoms with Gasteiger partial charge in [0.15, 0.2) is 0 Å². The molecule has 1 saturated carbocycles. The first-order valence-corrected chi connectivity index (χ1v) is 6.61. The van der Waals surface area contributed by atoms with Crippen LogP contribution in [-0.2, 0) is 0 Å². The van der Waals surface area contributed by atoms with Gasteiger partial charge in [-0.15, -0.1) is 11.6 Å². The van der Waals surface area contributed by atoms with Crippen LogP contribution in [0.5, 0.6) is 5.75 Å². The molecule has 0 spiro atoms. The molecule has 1 aliphatic rings. The van der Waals surface area contributed by atoms with Crippen molar-refractivity contribution in [2.24, 2.45) is 5.92 Å². The summed E-state index contributed by atoms with van der Waals surface area (Å²) in [6, 6.07) is 6.03. The van der Waals surface area contributed by atoms with E-state index in [1.165, 1.54) is 19.3 Å². The molecule has 1 aromatic rings. The van der Waals surface area contributed by atoms with Gasteiger partial charge in [-0.1, -0.05) is 24.7 Å². The summed E-state index contributed by atoms with van der Waals surface area (Å²) in [6.45, 7) is 2.89. The maximum atomic E-state index is 5.77. The molecule has 0 aliphatic heterocycles. The Balaban J connectivity index is 1.92. The zero-order chi connectivity index (χ0) is 12.1. The lowest BCUT2D eigenvalue weighted by Crippen LogP contribution is -1.99. The van der Waals surface area contributed by atoms with Gasteiger partial charge in [-0.05, 0) is 43.0 Å². The molecule has 0 N–H and O–H groups in total. The largest absolute Gasteiger partial charge is 0.493 e. The zero-order valence-electron chi connectivity index (χ0n) is 10.1. The van der Waals surface area contributed by atoms with Crippen LogP contribution >= 0.6 is 11.6 Å². The van der Waals surface area contributed by atoms with E-state index in [9.17, 15) is 0 Å². The second-order valence-electron chi connectivity index (χ2n) is 4.50. The summed E-state index contributed by atoms with van der Waals surface area (Å²) in [5, 5.41) is 0. The third-order valence-electron chi connectivity index (χ3n) is 2.96. The lowest BCUT2D eigenvalue weighted by molar-refractivity contribution is 0.300. The van der Waals surface area contributed by atoms with E-state index in [-0.39, 0.29) is 0 Å². The van der Waals surface area contributed by atoms with E-state index in [1.807, 2.05) is 18.2 Å². The number of aryl methyl sites for hydroxylation is 1. The summed E-state index contributed by atoms with van der Waals surface area (Å²) in [7, 11) is 0. The summed E-state index contributed by atoms with van der Waals surface area (Å²) in [4.78, 5) is 0. The first-order valence-electron chi connectivity index (χ1n) is 6.08. The number of benzene rings is 1. The highest BCUT2D eigenvalue weighted by atomic mass is 35.5. The van der Waals surface area contributed by atoms with Crippen molar-refractivity contribution in [3.05, 3.63) is 29.3 Å². The Morgan fingerprint density at radius 3 is 2.88 bits per heavy atom. The van der Waals surface area contributed by atoms with Gasteiger partial charge in [-0.25, -0.2) is 0 Å². The van der Waals surface area contributed by atoms with Crippen molar-refractivity contribution in [1.29, 1.82) is 0 Å². The van der Waals surface area contributed by atoms with Gasteiger partial charge in [0.2, 0.25) is 0 Å². The van der Waals surface area contributed by atoms with Crippen LogP contribution in [0.3, 0.4) is 0 Å². The van der Waals surface area contributed by atoms with Crippen LogP contribution in [0.15, 0.2) is 18.2 Å². The number of ether oxygens (including phenoxy) is 1. The summed E-state index contributed by atoms with van der Waals surface area (Å²) in [6.07, 6.45) is 3.96. The van der Waals surface area contributed by atoms with E-state index in [4.69, 9.17) is 16.3 Å². The van der Waals surface area contributed by atoms with Gasteiger partial charge in [-0.2, -0.15) is 0 Å². The monoisotopic (exact) mass is 248 g/mol. The molecule has 0 saturated heterocycles. The molecular formula is C15H17ClO. The second kappa shape index (κ2) is 5.98. The van der Waals surface area contributed by atoms with Crippen LogP contribution in [0.25, 0.3) is 0 Å². The highest BCUT2D eigenvalue weighted by Gasteiger charge is 2.20. The quantitative estimate of drug-likeness (QED) is 0.582. The highest BCUT2D eigenvalue weighted by Crippen LogP contribution is 2.32. The van der Waals surface area contributed by atoms with Crippen molar-refractivity contribution in [3.63, 3.8) is 0 Å². The summed E-state index contributed by atoms with van der Waals surface area (Å²) in [5.41, 5.74) is 2.14. The van der Waals surface area contributed by atoms with E-state index < -0.39 is 0 Å².